The fraction of sp³-hybridized carbons (Fsp3) is 0.529. The molecule has 118 valence electrons. The van der Waals surface area contributed by atoms with Crippen LogP contribution in [-0.4, -0.2) is 32.3 Å². The van der Waals surface area contributed by atoms with E-state index < -0.39 is 6.04 Å². The van der Waals surface area contributed by atoms with Gasteiger partial charge in [0.1, 0.15) is 12.1 Å². The van der Waals surface area contributed by atoms with Gasteiger partial charge in [0.25, 0.3) is 0 Å². The highest BCUT2D eigenvalue weighted by Crippen LogP contribution is 2.23. The molecule has 5 nitrogen and oxygen atoms in total. The summed E-state index contributed by atoms with van der Waals surface area (Å²) in [6.07, 6.45) is 3.73. The smallest absolute Gasteiger partial charge is 0.328 e. The molecule has 1 aromatic carbocycles. The molecule has 0 aromatic heterocycles. The van der Waals surface area contributed by atoms with Crippen molar-refractivity contribution in [3.63, 3.8) is 0 Å². The lowest BCUT2D eigenvalue weighted by molar-refractivity contribution is -0.141. The summed E-state index contributed by atoms with van der Waals surface area (Å²) in [6, 6.07) is 8.89. The minimum absolute atomic E-state index is 0.292. The molecule has 2 rings (SSSR count). The minimum atomic E-state index is -0.428. The monoisotopic (exact) mass is 302 g/mol. The minimum Gasteiger partial charge on any atom is -0.467 e. The second-order valence-corrected chi connectivity index (χ2v) is 5.51. The van der Waals surface area contributed by atoms with Gasteiger partial charge in [0.05, 0.1) is 18.4 Å². The summed E-state index contributed by atoms with van der Waals surface area (Å²) in [5.74, 6) is 0.300. The van der Waals surface area contributed by atoms with Crippen molar-refractivity contribution in [1.29, 1.82) is 5.26 Å². The number of esters is 1. The molecule has 1 atom stereocenters. The summed E-state index contributed by atoms with van der Waals surface area (Å²) in [5, 5.41) is 12.3. The van der Waals surface area contributed by atoms with Crippen LogP contribution in [0.15, 0.2) is 24.3 Å². The first-order valence-electron chi connectivity index (χ1n) is 7.66. The van der Waals surface area contributed by atoms with Crippen LogP contribution in [0.3, 0.4) is 0 Å². The van der Waals surface area contributed by atoms with Crippen LogP contribution in [-0.2, 0) is 14.3 Å². The van der Waals surface area contributed by atoms with E-state index in [4.69, 9.17) is 14.7 Å². The molecule has 0 spiro atoms. The van der Waals surface area contributed by atoms with Crippen LogP contribution < -0.4 is 5.32 Å². The molecular formula is C17H22N2O3. The van der Waals surface area contributed by atoms with E-state index in [1.54, 1.807) is 12.1 Å². The summed E-state index contributed by atoms with van der Waals surface area (Å²) in [6.45, 7) is 1.61. The molecule has 0 amide bonds. The summed E-state index contributed by atoms with van der Waals surface area (Å²) in [7, 11) is 1.39. The molecule has 1 aliphatic rings. The van der Waals surface area contributed by atoms with Gasteiger partial charge >= 0.3 is 5.97 Å². The lowest BCUT2D eigenvalue weighted by atomic mass is 9.93. The number of hydrogen-bond donors (Lipinski definition) is 1. The lowest BCUT2D eigenvalue weighted by Crippen LogP contribution is -2.32. The number of hydrogen-bond acceptors (Lipinski definition) is 5. The van der Waals surface area contributed by atoms with Crippen LogP contribution in [0.25, 0.3) is 0 Å². The number of nitrogens with zero attached hydrogens (tertiary/aromatic N) is 1. The Bertz CT molecular complexity index is 533. The zero-order valence-electron chi connectivity index (χ0n) is 12.9. The van der Waals surface area contributed by atoms with Crippen LogP contribution >= 0.6 is 0 Å². The molecule has 0 aliphatic carbocycles. The number of nitriles is 1. The van der Waals surface area contributed by atoms with Crippen LogP contribution in [0.1, 0.15) is 31.2 Å². The van der Waals surface area contributed by atoms with Gasteiger partial charge in [0, 0.05) is 13.2 Å². The van der Waals surface area contributed by atoms with E-state index in [1.165, 1.54) is 7.11 Å². The van der Waals surface area contributed by atoms with Gasteiger partial charge < -0.3 is 14.8 Å². The SMILES string of the molecule is COC(=O)C(CCC1CCOCC1)Nc1ccccc1C#N. The molecule has 1 fully saturated rings. The number of benzene rings is 1. The highest BCUT2D eigenvalue weighted by Gasteiger charge is 2.22. The maximum absolute atomic E-state index is 12.0. The van der Waals surface area contributed by atoms with Gasteiger partial charge in [-0.1, -0.05) is 12.1 Å². The van der Waals surface area contributed by atoms with Crippen molar-refractivity contribution >= 4 is 11.7 Å². The van der Waals surface area contributed by atoms with Gasteiger partial charge in [-0.2, -0.15) is 5.26 Å². The average Bonchev–Trinajstić information content (AvgIpc) is 2.59. The maximum atomic E-state index is 12.0. The van der Waals surface area contributed by atoms with E-state index in [0.29, 0.717) is 23.6 Å². The van der Waals surface area contributed by atoms with Crippen molar-refractivity contribution in [1.82, 2.24) is 0 Å². The van der Waals surface area contributed by atoms with Gasteiger partial charge in [-0.3, -0.25) is 0 Å². The highest BCUT2D eigenvalue weighted by atomic mass is 16.5. The number of ether oxygens (including phenoxy) is 2. The fourth-order valence-corrected chi connectivity index (χ4v) is 2.72. The number of anilines is 1. The quantitative estimate of drug-likeness (QED) is 0.818. The van der Waals surface area contributed by atoms with Crippen molar-refractivity contribution in [3.8, 4) is 6.07 Å². The van der Waals surface area contributed by atoms with E-state index in [9.17, 15) is 4.79 Å². The number of methoxy groups -OCH3 is 1. The molecule has 1 N–H and O–H groups in total. The third kappa shape index (κ3) is 4.47. The molecule has 0 radical (unpaired) electrons. The van der Waals surface area contributed by atoms with Gasteiger partial charge in [-0.05, 0) is 43.7 Å². The molecule has 22 heavy (non-hydrogen) atoms. The fourth-order valence-electron chi connectivity index (χ4n) is 2.72. The topological polar surface area (TPSA) is 71.3 Å². The van der Waals surface area contributed by atoms with Crippen molar-refractivity contribution in [2.45, 2.75) is 31.7 Å². The standard InChI is InChI=1S/C17H22N2O3/c1-21-17(20)16(7-6-13-8-10-22-11-9-13)19-15-5-3-2-4-14(15)12-18/h2-5,13,16,19H,6-11H2,1H3. The van der Waals surface area contributed by atoms with Crippen LogP contribution in [0.2, 0.25) is 0 Å². The first-order chi connectivity index (χ1) is 10.7. The third-order valence-electron chi connectivity index (χ3n) is 4.07. The van der Waals surface area contributed by atoms with Crippen molar-refractivity contribution in [2.75, 3.05) is 25.6 Å². The zero-order valence-corrected chi connectivity index (χ0v) is 12.9. The van der Waals surface area contributed by atoms with Gasteiger partial charge in [0.2, 0.25) is 0 Å². The molecule has 0 saturated carbocycles. The molecule has 1 aliphatic heterocycles. The molecule has 1 aromatic rings. The van der Waals surface area contributed by atoms with Gasteiger partial charge in [-0.15, -0.1) is 0 Å². The summed E-state index contributed by atoms with van der Waals surface area (Å²) in [4.78, 5) is 12.0. The van der Waals surface area contributed by atoms with E-state index in [-0.39, 0.29) is 5.97 Å². The Labute approximate surface area is 131 Å². The molecular weight excluding hydrogens is 280 g/mol. The number of rotatable bonds is 6. The van der Waals surface area contributed by atoms with E-state index in [0.717, 1.165) is 32.5 Å². The van der Waals surface area contributed by atoms with E-state index in [2.05, 4.69) is 11.4 Å². The normalized spacial score (nSPS) is 16.5. The Morgan fingerprint density at radius 2 is 2.18 bits per heavy atom. The van der Waals surface area contributed by atoms with Crippen molar-refractivity contribution in [3.05, 3.63) is 29.8 Å². The Morgan fingerprint density at radius 3 is 2.86 bits per heavy atom. The Morgan fingerprint density at radius 1 is 1.45 bits per heavy atom. The van der Waals surface area contributed by atoms with Crippen LogP contribution in [0, 0.1) is 17.2 Å². The van der Waals surface area contributed by atoms with Gasteiger partial charge in [0.15, 0.2) is 0 Å². The van der Waals surface area contributed by atoms with Crippen molar-refractivity contribution < 1.29 is 14.3 Å². The second-order valence-electron chi connectivity index (χ2n) is 5.51. The highest BCUT2D eigenvalue weighted by molar-refractivity contribution is 5.79. The van der Waals surface area contributed by atoms with Crippen molar-refractivity contribution in [2.24, 2.45) is 5.92 Å². The first kappa shape index (κ1) is 16.3. The summed E-state index contributed by atoms with van der Waals surface area (Å²) >= 11 is 0. The Hall–Kier alpha value is -2.06. The lowest BCUT2D eigenvalue weighted by Gasteiger charge is -2.24. The third-order valence-corrected chi connectivity index (χ3v) is 4.07. The molecule has 1 saturated heterocycles. The van der Waals surface area contributed by atoms with E-state index >= 15 is 0 Å². The largest absolute Gasteiger partial charge is 0.467 e. The Kier molecular flexibility index (Phi) is 6.23. The summed E-state index contributed by atoms with van der Waals surface area (Å²) in [5.41, 5.74) is 1.20. The van der Waals surface area contributed by atoms with Crippen LogP contribution in [0.5, 0.6) is 0 Å². The number of nitrogens with one attached hydrogen (secondary N) is 1. The molecule has 1 unspecified atom stereocenters. The number of carbonyl (C=O) groups is 1. The zero-order chi connectivity index (χ0) is 15.8. The van der Waals surface area contributed by atoms with Crippen LogP contribution in [0.4, 0.5) is 5.69 Å². The van der Waals surface area contributed by atoms with Gasteiger partial charge in [-0.25, -0.2) is 4.79 Å². The predicted molar refractivity (Wildman–Crippen MR) is 83.4 cm³/mol. The molecule has 1 heterocycles. The average molecular weight is 302 g/mol. The Balaban J connectivity index is 1.99. The maximum Gasteiger partial charge on any atom is 0.328 e. The molecule has 5 heteroatoms. The number of carbonyl (C=O) groups excluding carboxylic acids is 1. The molecule has 0 bridgehead atoms. The first-order valence-corrected chi connectivity index (χ1v) is 7.66. The summed E-state index contributed by atoms with van der Waals surface area (Å²) < 4.78 is 10.2. The van der Waals surface area contributed by atoms with E-state index in [1.807, 2.05) is 12.1 Å². The number of para-hydroxylation sites is 1. The second kappa shape index (κ2) is 8.40. The predicted octanol–water partition coefficient (Wildman–Crippen LogP) is 2.72.